The number of aromatic nitrogens is 2. The van der Waals surface area contributed by atoms with Crippen LogP contribution in [-0.2, 0) is 11.2 Å². The summed E-state index contributed by atoms with van der Waals surface area (Å²) in [5, 5.41) is 13.7. The number of carbonyl (C=O) groups excluding carboxylic acids is 1. The number of carbonyl (C=O) groups is 2. The minimum Gasteiger partial charge on any atom is -0.481 e. The van der Waals surface area contributed by atoms with Gasteiger partial charge in [-0.25, -0.2) is 4.98 Å². The highest BCUT2D eigenvalue weighted by atomic mass is 16.5. The summed E-state index contributed by atoms with van der Waals surface area (Å²) in [5.74, 6) is -0.618. The van der Waals surface area contributed by atoms with E-state index in [1.165, 1.54) is 0 Å². The van der Waals surface area contributed by atoms with Gasteiger partial charge in [0, 0.05) is 31.6 Å². The van der Waals surface area contributed by atoms with Crippen LogP contribution in [0.1, 0.15) is 74.1 Å². The van der Waals surface area contributed by atoms with E-state index in [9.17, 15) is 9.59 Å². The normalized spacial score (nSPS) is 14.5. The van der Waals surface area contributed by atoms with E-state index in [0.717, 1.165) is 24.2 Å². The van der Waals surface area contributed by atoms with Crippen LogP contribution >= 0.6 is 0 Å². The number of carboxylic acids is 1. The summed E-state index contributed by atoms with van der Waals surface area (Å²) in [6, 6.07) is 1.87. The topological polar surface area (TPSA) is 96.5 Å². The first kappa shape index (κ1) is 19.3. The van der Waals surface area contributed by atoms with Crippen molar-refractivity contribution in [3.63, 3.8) is 0 Å². The van der Waals surface area contributed by atoms with Gasteiger partial charge in [0.25, 0.3) is 11.6 Å². The van der Waals surface area contributed by atoms with Gasteiger partial charge < -0.3 is 14.5 Å². The molecule has 146 valence electrons. The molecule has 3 rings (SSSR count). The SMILES string of the molecule is CN(CCCC(=O)O)C(=O)c1cc(C2CC2)nc2onc(CC(C)(C)C)c12. The van der Waals surface area contributed by atoms with Gasteiger partial charge in [-0.2, -0.15) is 0 Å². The molecule has 0 atom stereocenters. The molecular formula is C20H27N3O4. The second-order valence-electron chi connectivity index (χ2n) is 8.64. The Balaban J connectivity index is 1.96. The Morgan fingerprint density at radius 2 is 2.04 bits per heavy atom. The third-order valence-electron chi connectivity index (χ3n) is 4.69. The number of carboxylic acid groups (broad SMARTS) is 1. The minimum absolute atomic E-state index is 0.00727. The summed E-state index contributed by atoms with van der Waals surface area (Å²) in [4.78, 5) is 30.0. The second kappa shape index (κ2) is 7.29. The number of hydrogen-bond donors (Lipinski definition) is 1. The fraction of sp³-hybridized carbons (Fsp3) is 0.600. The minimum atomic E-state index is -0.857. The molecule has 1 aliphatic rings. The number of amides is 1. The molecular weight excluding hydrogens is 346 g/mol. The Kier molecular flexibility index (Phi) is 5.22. The maximum absolute atomic E-state index is 13.1. The van der Waals surface area contributed by atoms with Crippen molar-refractivity contribution in [2.75, 3.05) is 13.6 Å². The Morgan fingerprint density at radius 3 is 2.63 bits per heavy atom. The Hall–Kier alpha value is -2.44. The van der Waals surface area contributed by atoms with Gasteiger partial charge in [0.15, 0.2) is 0 Å². The van der Waals surface area contributed by atoms with E-state index >= 15 is 0 Å². The van der Waals surface area contributed by atoms with Gasteiger partial charge >= 0.3 is 5.97 Å². The summed E-state index contributed by atoms with van der Waals surface area (Å²) in [6.45, 7) is 6.71. The van der Waals surface area contributed by atoms with Gasteiger partial charge in [0.05, 0.1) is 16.6 Å². The zero-order chi connectivity index (χ0) is 19.8. The van der Waals surface area contributed by atoms with E-state index in [0.29, 0.717) is 42.0 Å². The second-order valence-corrected chi connectivity index (χ2v) is 8.64. The number of aliphatic carboxylic acids is 1. The molecule has 1 saturated carbocycles. The van der Waals surface area contributed by atoms with Crippen LogP contribution in [0.25, 0.3) is 11.1 Å². The van der Waals surface area contributed by atoms with Gasteiger partial charge in [0.2, 0.25) is 0 Å². The highest BCUT2D eigenvalue weighted by Crippen LogP contribution is 2.41. The molecule has 2 aromatic heterocycles. The lowest BCUT2D eigenvalue weighted by molar-refractivity contribution is -0.137. The smallest absolute Gasteiger partial charge is 0.303 e. The molecule has 0 unspecified atom stereocenters. The summed E-state index contributed by atoms with van der Waals surface area (Å²) >= 11 is 0. The van der Waals surface area contributed by atoms with Crippen LogP contribution in [0.4, 0.5) is 0 Å². The highest BCUT2D eigenvalue weighted by molar-refractivity contribution is 6.06. The van der Waals surface area contributed by atoms with Crippen LogP contribution in [0.3, 0.4) is 0 Å². The lowest BCUT2D eigenvalue weighted by atomic mass is 9.89. The Labute approximate surface area is 158 Å². The Morgan fingerprint density at radius 1 is 1.33 bits per heavy atom. The van der Waals surface area contributed by atoms with E-state index in [4.69, 9.17) is 9.63 Å². The van der Waals surface area contributed by atoms with Crippen molar-refractivity contribution in [3.05, 3.63) is 23.0 Å². The molecule has 1 fully saturated rings. The zero-order valence-electron chi connectivity index (χ0n) is 16.4. The van der Waals surface area contributed by atoms with Crippen molar-refractivity contribution in [1.82, 2.24) is 15.0 Å². The standard InChI is InChI=1S/C20H27N3O4/c1-20(2,3)11-15-17-13(19(26)23(4)9-5-6-16(24)25)10-14(12-7-8-12)21-18(17)27-22-15/h10,12H,5-9,11H2,1-4H3,(H,24,25). The van der Waals surface area contributed by atoms with Crippen LogP contribution in [0.2, 0.25) is 0 Å². The van der Waals surface area contributed by atoms with Crippen LogP contribution in [-0.4, -0.2) is 45.6 Å². The molecule has 0 saturated heterocycles. The van der Waals surface area contributed by atoms with Gasteiger partial charge in [-0.1, -0.05) is 25.9 Å². The van der Waals surface area contributed by atoms with Crippen LogP contribution in [0.15, 0.2) is 10.6 Å². The van der Waals surface area contributed by atoms with Crippen molar-refractivity contribution in [1.29, 1.82) is 0 Å². The predicted octanol–water partition coefficient (Wildman–Crippen LogP) is 3.63. The highest BCUT2D eigenvalue weighted by Gasteiger charge is 2.30. The first-order valence-electron chi connectivity index (χ1n) is 9.42. The summed E-state index contributed by atoms with van der Waals surface area (Å²) in [5.41, 5.74) is 2.59. The molecule has 27 heavy (non-hydrogen) atoms. The maximum atomic E-state index is 13.1. The lowest BCUT2D eigenvalue weighted by Crippen LogP contribution is -2.28. The molecule has 1 aliphatic carbocycles. The number of hydrogen-bond acceptors (Lipinski definition) is 5. The quantitative estimate of drug-likeness (QED) is 0.796. The molecule has 0 radical (unpaired) electrons. The molecule has 2 aromatic rings. The molecule has 2 heterocycles. The van der Waals surface area contributed by atoms with Crippen LogP contribution < -0.4 is 0 Å². The summed E-state index contributed by atoms with van der Waals surface area (Å²) in [7, 11) is 1.70. The van der Waals surface area contributed by atoms with Crippen molar-refractivity contribution in [3.8, 4) is 0 Å². The number of fused-ring (bicyclic) bond motifs is 1. The molecule has 0 bridgehead atoms. The molecule has 0 aromatic carbocycles. The predicted molar refractivity (Wildman–Crippen MR) is 101 cm³/mol. The summed E-state index contributed by atoms with van der Waals surface area (Å²) in [6.07, 6.45) is 3.28. The Bertz CT molecular complexity index is 862. The first-order chi connectivity index (χ1) is 12.7. The average Bonchev–Trinajstić information content (AvgIpc) is 3.35. The van der Waals surface area contributed by atoms with Gasteiger partial charge in [-0.3, -0.25) is 9.59 Å². The monoisotopic (exact) mass is 373 g/mol. The van der Waals surface area contributed by atoms with E-state index in [-0.39, 0.29) is 17.7 Å². The van der Waals surface area contributed by atoms with Crippen LogP contribution in [0, 0.1) is 5.41 Å². The molecule has 7 nitrogen and oxygen atoms in total. The first-order valence-corrected chi connectivity index (χ1v) is 9.42. The maximum Gasteiger partial charge on any atom is 0.303 e. The number of nitrogens with zero attached hydrogens (tertiary/aromatic N) is 3. The van der Waals surface area contributed by atoms with Gasteiger partial charge in [-0.15, -0.1) is 0 Å². The molecule has 0 spiro atoms. The van der Waals surface area contributed by atoms with E-state index in [1.54, 1.807) is 11.9 Å². The molecule has 1 N–H and O–H groups in total. The summed E-state index contributed by atoms with van der Waals surface area (Å²) < 4.78 is 5.49. The lowest BCUT2D eigenvalue weighted by Gasteiger charge is -2.19. The van der Waals surface area contributed by atoms with E-state index in [2.05, 4.69) is 30.9 Å². The molecule has 1 amide bonds. The fourth-order valence-electron chi connectivity index (χ4n) is 3.18. The zero-order valence-corrected chi connectivity index (χ0v) is 16.4. The van der Waals surface area contributed by atoms with E-state index in [1.807, 2.05) is 6.07 Å². The molecule has 7 heteroatoms. The van der Waals surface area contributed by atoms with Crippen molar-refractivity contribution in [2.24, 2.45) is 5.41 Å². The molecule has 0 aliphatic heterocycles. The van der Waals surface area contributed by atoms with Crippen molar-refractivity contribution < 1.29 is 19.2 Å². The average molecular weight is 373 g/mol. The number of rotatable bonds is 7. The largest absolute Gasteiger partial charge is 0.481 e. The van der Waals surface area contributed by atoms with Gasteiger partial charge in [0.1, 0.15) is 0 Å². The third kappa shape index (κ3) is 4.64. The fourth-order valence-corrected chi connectivity index (χ4v) is 3.18. The third-order valence-corrected chi connectivity index (χ3v) is 4.69. The van der Waals surface area contributed by atoms with Crippen molar-refractivity contribution >= 4 is 23.0 Å². The van der Waals surface area contributed by atoms with Gasteiger partial charge in [-0.05, 0) is 37.2 Å². The van der Waals surface area contributed by atoms with E-state index < -0.39 is 5.97 Å². The van der Waals surface area contributed by atoms with Crippen molar-refractivity contribution in [2.45, 2.75) is 58.8 Å². The number of pyridine rings is 1. The van der Waals surface area contributed by atoms with Crippen LogP contribution in [0.5, 0.6) is 0 Å².